The quantitative estimate of drug-likeness (QED) is 0.881. The number of rotatable bonds is 5. The molecule has 1 aromatic heterocycles. The first-order valence-electron chi connectivity index (χ1n) is 9.70. The van der Waals surface area contributed by atoms with Crippen LogP contribution in [0.4, 0.5) is 5.95 Å². The number of carbonyl (C=O) groups is 1. The maximum atomic E-state index is 11.4. The minimum atomic E-state index is -0.112. The topological polar surface area (TPSA) is 61.4 Å². The first-order valence-corrected chi connectivity index (χ1v) is 9.70. The highest BCUT2D eigenvalue weighted by molar-refractivity contribution is 5.74. The van der Waals surface area contributed by atoms with Gasteiger partial charge in [0.1, 0.15) is 0 Å². The third kappa shape index (κ3) is 3.95. The van der Waals surface area contributed by atoms with Gasteiger partial charge in [-0.25, -0.2) is 9.97 Å². The molecule has 2 aliphatic rings. The Bertz CT molecular complexity index is 788. The van der Waals surface area contributed by atoms with Crippen LogP contribution in [0.25, 0.3) is 0 Å². The SMILES string of the molecule is CC(=O)NC1(c2ccc(CN3CCN(c4ncccn4)C[C@H]3C)cc2)CC1. The molecule has 0 spiro atoms. The van der Waals surface area contributed by atoms with Crippen LogP contribution in [0.2, 0.25) is 0 Å². The summed E-state index contributed by atoms with van der Waals surface area (Å²) in [6.07, 6.45) is 5.67. The molecule has 1 atom stereocenters. The van der Waals surface area contributed by atoms with Crippen LogP contribution in [0.3, 0.4) is 0 Å². The molecule has 6 heteroatoms. The van der Waals surface area contributed by atoms with E-state index in [-0.39, 0.29) is 11.4 Å². The van der Waals surface area contributed by atoms with Gasteiger partial charge in [-0.2, -0.15) is 0 Å². The Morgan fingerprint density at radius 2 is 1.89 bits per heavy atom. The Morgan fingerprint density at radius 1 is 1.19 bits per heavy atom. The van der Waals surface area contributed by atoms with Crippen LogP contribution >= 0.6 is 0 Å². The fourth-order valence-electron chi connectivity index (χ4n) is 3.98. The van der Waals surface area contributed by atoms with Crippen LogP contribution in [0.1, 0.15) is 37.8 Å². The number of piperazine rings is 1. The molecule has 142 valence electrons. The van der Waals surface area contributed by atoms with E-state index in [4.69, 9.17) is 0 Å². The monoisotopic (exact) mass is 365 g/mol. The van der Waals surface area contributed by atoms with E-state index in [2.05, 4.69) is 56.3 Å². The Labute approximate surface area is 160 Å². The minimum absolute atomic E-state index is 0.0469. The number of carbonyl (C=O) groups excluding carboxylic acids is 1. The number of aromatic nitrogens is 2. The molecule has 1 saturated carbocycles. The van der Waals surface area contributed by atoms with Crippen molar-refractivity contribution in [3.05, 3.63) is 53.9 Å². The second-order valence-electron chi connectivity index (χ2n) is 7.77. The summed E-state index contributed by atoms with van der Waals surface area (Å²) in [5.74, 6) is 0.867. The third-order valence-corrected chi connectivity index (χ3v) is 5.66. The largest absolute Gasteiger partial charge is 0.347 e. The van der Waals surface area contributed by atoms with Gasteiger partial charge in [-0.1, -0.05) is 24.3 Å². The molecule has 1 aliphatic heterocycles. The number of amides is 1. The summed E-state index contributed by atoms with van der Waals surface area (Å²) < 4.78 is 0. The van der Waals surface area contributed by atoms with Crippen LogP contribution < -0.4 is 10.2 Å². The zero-order valence-corrected chi connectivity index (χ0v) is 16.1. The molecule has 1 saturated heterocycles. The van der Waals surface area contributed by atoms with E-state index in [0.29, 0.717) is 6.04 Å². The zero-order valence-electron chi connectivity index (χ0n) is 16.1. The lowest BCUT2D eigenvalue weighted by molar-refractivity contribution is -0.120. The average molecular weight is 365 g/mol. The van der Waals surface area contributed by atoms with Gasteiger partial charge in [-0.3, -0.25) is 9.69 Å². The summed E-state index contributed by atoms with van der Waals surface area (Å²) in [4.78, 5) is 24.9. The van der Waals surface area contributed by atoms with Crippen molar-refractivity contribution >= 4 is 11.9 Å². The fraction of sp³-hybridized carbons (Fsp3) is 0.476. The molecule has 2 heterocycles. The number of nitrogens with zero attached hydrogens (tertiary/aromatic N) is 4. The molecule has 1 aliphatic carbocycles. The molecule has 0 unspecified atom stereocenters. The lowest BCUT2D eigenvalue weighted by atomic mass is 10.0. The molecule has 4 rings (SSSR count). The van der Waals surface area contributed by atoms with E-state index >= 15 is 0 Å². The molecule has 0 bridgehead atoms. The first kappa shape index (κ1) is 17.9. The number of anilines is 1. The van der Waals surface area contributed by atoms with Gasteiger partial charge in [0.25, 0.3) is 0 Å². The van der Waals surface area contributed by atoms with Crippen molar-refractivity contribution in [2.75, 3.05) is 24.5 Å². The van der Waals surface area contributed by atoms with Crippen LogP contribution in [0.5, 0.6) is 0 Å². The van der Waals surface area contributed by atoms with E-state index in [1.807, 2.05) is 6.07 Å². The third-order valence-electron chi connectivity index (χ3n) is 5.66. The van der Waals surface area contributed by atoms with E-state index in [9.17, 15) is 4.79 Å². The Hall–Kier alpha value is -2.47. The maximum absolute atomic E-state index is 11.4. The van der Waals surface area contributed by atoms with E-state index in [1.54, 1.807) is 19.3 Å². The first-order chi connectivity index (χ1) is 13.1. The highest BCUT2D eigenvalue weighted by Crippen LogP contribution is 2.45. The number of hydrogen-bond donors (Lipinski definition) is 1. The molecular formula is C21H27N5O. The second-order valence-corrected chi connectivity index (χ2v) is 7.77. The van der Waals surface area contributed by atoms with Crippen LogP contribution in [-0.2, 0) is 16.9 Å². The van der Waals surface area contributed by atoms with Crippen molar-refractivity contribution in [3.8, 4) is 0 Å². The van der Waals surface area contributed by atoms with Crippen molar-refractivity contribution < 1.29 is 4.79 Å². The van der Waals surface area contributed by atoms with Crippen molar-refractivity contribution in [2.45, 2.75) is 44.8 Å². The molecule has 2 aromatic rings. The van der Waals surface area contributed by atoms with Gasteiger partial charge >= 0.3 is 0 Å². The minimum Gasteiger partial charge on any atom is -0.347 e. The molecule has 1 N–H and O–H groups in total. The molecule has 6 nitrogen and oxygen atoms in total. The lowest BCUT2D eigenvalue weighted by Crippen LogP contribution is -2.51. The van der Waals surface area contributed by atoms with Gasteiger partial charge in [0, 0.05) is 51.5 Å². The predicted molar refractivity (Wildman–Crippen MR) is 105 cm³/mol. The summed E-state index contributed by atoms with van der Waals surface area (Å²) in [6, 6.07) is 11.1. The second kappa shape index (κ2) is 7.27. The standard InChI is InChI=1S/C21H27N5O/c1-16-14-26(20-22-10-3-11-23-20)13-12-25(16)15-18-4-6-19(7-5-18)21(8-9-21)24-17(2)27/h3-7,10-11,16H,8-9,12-15H2,1-2H3,(H,24,27)/t16-/m1/s1. The summed E-state index contributed by atoms with van der Waals surface area (Å²) >= 11 is 0. The summed E-state index contributed by atoms with van der Waals surface area (Å²) in [5.41, 5.74) is 2.42. The summed E-state index contributed by atoms with van der Waals surface area (Å²) in [6.45, 7) is 7.68. The van der Waals surface area contributed by atoms with E-state index in [1.165, 1.54) is 11.1 Å². The van der Waals surface area contributed by atoms with Crippen molar-refractivity contribution in [1.29, 1.82) is 0 Å². The van der Waals surface area contributed by atoms with Crippen LogP contribution in [-0.4, -0.2) is 46.5 Å². The normalized spacial score (nSPS) is 21.7. The summed E-state index contributed by atoms with van der Waals surface area (Å²) in [5, 5.41) is 3.11. The van der Waals surface area contributed by atoms with Gasteiger partial charge in [-0.05, 0) is 37.0 Å². The van der Waals surface area contributed by atoms with E-state index < -0.39 is 0 Å². The van der Waals surface area contributed by atoms with Crippen LogP contribution in [0.15, 0.2) is 42.7 Å². The Morgan fingerprint density at radius 3 is 2.48 bits per heavy atom. The van der Waals surface area contributed by atoms with Crippen molar-refractivity contribution in [3.63, 3.8) is 0 Å². The molecule has 1 amide bonds. The van der Waals surface area contributed by atoms with Crippen molar-refractivity contribution in [2.24, 2.45) is 0 Å². The summed E-state index contributed by atoms with van der Waals surface area (Å²) in [7, 11) is 0. The zero-order chi connectivity index (χ0) is 18.9. The van der Waals surface area contributed by atoms with Gasteiger partial charge in [0.05, 0.1) is 5.54 Å². The fourth-order valence-corrected chi connectivity index (χ4v) is 3.98. The molecule has 2 fully saturated rings. The van der Waals surface area contributed by atoms with Gasteiger partial charge in [0.2, 0.25) is 11.9 Å². The van der Waals surface area contributed by atoms with Crippen molar-refractivity contribution in [1.82, 2.24) is 20.2 Å². The van der Waals surface area contributed by atoms with Gasteiger partial charge in [-0.15, -0.1) is 0 Å². The highest BCUT2D eigenvalue weighted by atomic mass is 16.1. The van der Waals surface area contributed by atoms with E-state index in [0.717, 1.165) is 45.0 Å². The molecule has 1 aromatic carbocycles. The van der Waals surface area contributed by atoms with Crippen LogP contribution in [0, 0.1) is 0 Å². The molecule has 0 radical (unpaired) electrons. The molecular weight excluding hydrogens is 338 g/mol. The smallest absolute Gasteiger partial charge is 0.225 e. The van der Waals surface area contributed by atoms with Gasteiger partial charge in [0.15, 0.2) is 0 Å². The highest BCUT2D eigenvalue weighted by Gasteiger charge is 2.44. The lowest BCUT2D eigenvalue weighted by Gasteiger charge is -2.39. The molecule has 27 heavy (non-hydrogen) atoms. The maximum Gasteiger partial charge on any atom is 0.225 e. The number of benzene rings is 1. The number of hydrogen-bond acceptors (Lipinski definition) is 5. The Balaban J connectivity index is 1.37. The average Bonchev–Trinajstić information content (AvgIpc) is 3.44. The predicted octanol–water partition coefficient (Wildman–Crippen LogP) is 2.31. The Kier molecular flexibility index (Phi) is 4.83. The van der Waals surface area contributed by atoms with Gasteiger partial charge < -0.3 is 10.2 Å². The number of nitrogens with one attached hydrogen (secondary N) is 1.